The summed E-state index contributed by atoms with van der Waals surface area (Å²) in [5.41, 5.74) is 0.710. The van der Waals surface area contributed by atoms with Gasteiger partial charge in [0.1, 0.15) is 6.61 Å². The Labute approximate surface area is 122 Å². The lowest BCUT2D eigenvalue weighted by atomic mass is 10.1. The Balaban J connectivity index is 1.68. The highest BCUT2D eigenvalue weighted by atomic mass is 16.5. The van der Waals surface area contributed by atoms with Crippen LogP contribution in [0.15, 0.2) is 10.6 Å². The van der Waals surface area contributed by atoms with E-state index >= 15 is 0 Å². The molecule has 21 heavy (non-hydrogen) atoms. The van der Waals surface area contributed by atoms with Crippen LogP contribution in [-0.2, 0) is 14.3 Å². The van der Waals surface area contributed by atoms with Crippen molar-refractivity contribution in [3.05, 3.63) is 11.8 Å². The second-order valence-corrected chi connectivity index (χ2v) is 5.06. The van der Waals surface area contributed by atoms with E-state index in [9.17, 15) is 9.59 Å². The average molecular weight is 297 g/mol. The maximum atomic E-state index is 11.8. The van der Waals surface area contributed by atoms with Gasteiger partial charge in [-0.15, -0.1) is 0 Å². The van der Waals surface area contributed by atoms with Crippen molar-refractivity contribution in [3.8, 4) is 0 Å². The third kappa shape index (κ3) is 5.16. The number of hydrogen-bond acceptors (Lipinski definition) is 6. The number of likely N-dealkylation sites (tertiary alicyclic amines) is 1. The van der Waals surface area contributed by atoms with E-state index in [2.05, 4.69) is 10.5 Å². The summed E-state index contributed by atoms with van der Waals surface area (Å²) < 4.78 is 10.2. The number of ether oxygens (including phenoxy) is 1. The van der Waals surface area contributed by atoms with Crippen molar-refractivity contribution >= 4 is 17.8 Å². The molecule has 0 saturated carbocycles. The highest BCUT2D eigenvalue weighted by Crippen LogP contribution is 2.14. The first-order valence-corrected chi connectivity index (χ1v) is 6.82. The molecule has 8 nitrogen and oxygen atoms in total. The molecular weight excluding hydrogens is 278 g/mol. The van der Waals surface area contributed by atoms with Crippen LogP contribution in [0.4, 0.5) is 5.88 Å². The summed E-state index contributed by atoms with van der Waals surface area (Å²) in [7, 11) is 0. The summed E-state index contributed by atoms with van der Waals surface area (Å²) in [4.78, 5) is 24.3. The third-order valence-corrected chi connectivity index (χ3v) is 3.23. The number of anilines is 1. The predicted octanol–water partition coefficient (Wildman–Crippen LogP) is 0.487. The number of carbonyl (C=O) groups is 2. The Bertz CT molecular complexity index is 494. The molecule has 1 aliphatic rings. The van der Waals surface area contributed by atoms with Gasteiger partial charge in [-0.3, -0.25) is 15.0 Å². The molecule has 1 aliphatic heterocycles. The first kappa shape index (κ1) is 15.5. The molecule has 0 spiro atoms. The fraction of sp³-hybridized carbons (Fsp3) is 0.615. The van der Waals surface area contributed by atoms with Crippen LogP contribution in [0.1, 0.15) is 18.5 Å². The molecule has 0 aromatic carbocycles. The van der Waals surface area contributed by atoms with Gasteiger partial charge in [0.2, 0.25) is 11.8 Å². The van der Waals surface area contributed by atoms with Crippen molar-refractivity contribution in [1.29, 1.82) is 0 Å². The summed E-state index contributed by atoms with van der Waals surface area (Å²) >= 11 is 0. The summed E-state index contributed by atoms with van der Waals surface area (Å²) in [6, 6.07) is 1.66. The molecule has 1 aromatic heterocycles. The standard InChI is InChI=1S/C13H19N3O5/c1-9-6-12(21-15-9)14-11(17)7-16-4-2-10(3-5-16)20-8-13(18)19/h6,10H,2-5,7-8H2,1H3,(H,14,17)(H,18,19). The minimum Gasteiger partial charge on any atom is -0.480 e. The van der Waals surface area contributed by atoms with Gasteiger partial charge in [0.25, 0.3) is 0 Å². The summed E-state index contributed by atoms with van der Waals surface area (Å²) in [6.45, 7) is 3.18. The van der Waals surface area contributed by atoms with Crippen LogP contribution in [-0.4, -0.2) is 59.4 Å². The molecule has 0 atom stereocenters. The zero-order valence-corrected chi connectivity index (χ0v) is 11.9. The number of amides is 1. The van der Waals surface area contributed by atoms with E-state index in [0.29, 0.717) is 24.7 Å². The maximum Gasteiger partial charge on any atom is 0.329 e. The van der Waals surface area contributed by atoms with E-state index < -0.39 is 5.97 Å². The van der Waals surface area contributed by atoms with Crippen LogP contribution in [0.2, 0.25) is 0 Å². The quantitative estimate of drug-likeness (QED) is 0.787. The van der Waals surface area contributed by atoms with E-state index in [1.165, 1.54) is 0 Å². The summed E-state index contributed by atoms with van der Waals surface area (Å²) in [6.07, 6.45) is 1.40. The molecule has 1 saturated heterocycles. The minimum atomic E-state index is -0.959. The van der Waals surface area contributed by atoms with E-state index in [4.69, 9.17) is 14.4 Å². The molecule has 1 aromatic rings. The number of nitrogens with zero attached hydrogens (tertiary/aromatic N) is 2. The van der Waals surface area contributed by atoms with Gasteiger partial charge in [-0.25, -0.2) is 4.79 Å². The lowest BCUT2D eigenvalue weighted by Crippen LogP contribution is -2.41. The first-order valence-electron chi connectivity index (χ1n) is 6.82. The van der Waals surface area contributed by atoms with Crippen molar-refractivity contribution in [2.75, 3.05) is 31.6 Å². The van der Waals surface area contributed by atoms with Gasteiger partial charge in [-0.1, -0.05) is 5.16 Å². The first-order chi connectivity index (χ1) is 10.0. The zero-order chi connectivity index (χ0) is 15.2. The van der Waals surface area contributed by atoms with Crippen LogP contribution >= 0.6 is 0 Å². The molecule has 2 N–H and O–H groups in total. The molecule has 0 aliphatic carbocycles. The van der Waals surface area contributed by atoms with Gasteiger partial charge in [0.15, 0.2) is 0 Å². The van der Waals surface area contributed by atoms with Gasteiger partial charge < -0.3 is 14.4 Å². The number of aliphatic carboxylic acids is 1. The van der Waals surface area contributed by atoms with Crippen molar-refractivity contribution in [3.63, 3.8) is 0 Å². The number of hydrogen-bond donors (Lipinski definition) is 2. The van der Waals surface area contributed by atoms with Gasteiger partial charge in [-0.2, -0.15) is 0 Å². The monoisotopic (exact) mass is 297 g/mol. The van der Waals surface area contributed by atoms with Crippen molar-refractivity contribution in [2.45, 2.75) is 25.9 Å². The fourth-order valence-electron chi connectivity index (χ4n) is 2.23. The molecule has 2 rings (SSSR count). The van der Waals surface area contributed by atoms with E-state index in [0.717, 1.165) is 12.8 Å². The van der Waals surface area contributed by atoms with Gasteiger partial charge in [-0.05, 0) is 19.8 Å². The van der Waals surface area contributed by atoms with Gasteiger partial charge >= 0.3 is 5.97 Å². The molecule has 0 radical (unpaired) electrons. The Kier molecular flexibility index (Phi) is 5.29. The smallest absolute Gasteiger partial charge is 0.329 e. The number of aromatic nitrogens is 1. The van der Waals surface area contributed by atoms with Gasteiger partial charge in [0.05, 0.1) is 18.3 Å². The number of carboxylic acids is 1. The number of nitrogens with one attached hydrogen (secondary N) is 1. The van der Waals surface area contributed by atoms with Crippen LogP contribution in [0, 0.1) is 6.92 Å². The largest absolute Gasteiger partial charge is 0.480 e. The van der Waals surface area contributed by atoms with Crippen LogP contribution in [0.25, 0.3) is 0 Å². The Morgan fingerprint density at radius 2 is 2.24 bits per heavy atom. The fourth-order valence-corrected chi connectivity index (χ4v) is 2.23. The van der Waals surface area contributed by atoms with Crippen molar-refractivity contribution in [2.24, 2.45) is 0 Å². The highest BCUT2D eigenvalue weighted by Gasteiger charge is 2.22. The SMILES string of the molecule is Cc1cc(NC(=O)CN2CCC(OCC(=O)O)CC2)on1. The van der Waals surface area contributed by atoms with E-state index in [1.54, 1.807) is 13.0 Å². The molecule has 2 heterocycles. The molecule has 1 fully saturated rings. The van der Waals surface area contributed by atoms with Gasteiger partial charge in [0, 0.05) is 19.2 Å². The van der Waals surface area contributed by atoms with Crippen LogP contribution in [0.3, 0.4) is 0 Å². The summed E-state index contributed by atoms with van der Waals surface area (Å²) in [5.74, 6) is -0.771. The highest BCUT2D eigenvalue weighted by molar-refractivity contribution is 5.90. The predicted molar refractivity (Wildman–Crippen MR) is 72.9 cm³/mol. The van der Waals surface area contributed by atoms with Crippen molar-refractivity contribution < 1.29 is 24.0 Å². The topological polar surface area (TPSA) is 105 Å². The lowest BCUT2D eigenvalue weighted by molar-refractivity contribution is -0.145. The zero-order valence-electron chi connectivity index (χ0n) is 11.9. The lowest BCUT2D eigenvalue weighted by Gasteiger charge is -2.30. The van der Waals surface area contributed by atoms with Crippen molar-refractivity contribution in [1.82, 2.24) is 10.1 Å². The van der Waals surface area contributed by atoms with E-state index in [1.807, 2.05) is 4.90 Å². The number of carboxylic acid groups (broad SMARTS) is 1. The Hall–Kier alpha value is -1.93. The maximum absolute atomic E-state index is 11.8. The Morgan fingerprint density at radius 3 is 2.81 bits per heavy atom. The Morgan fingerprint density at radius 1 is 1.52 bits per heavy atom. The normalized spacial score (nSPS) is 16.8. The van der Waals surface area contributed by atoms with Crippen LogP contribution < -0.4 is 5.32 Å². The average Bonchev–Trinajstić information content (AvgIpc) is 2.83. The third-order valence-electron chi connectivity index (χ3n) is 3.23. The molecule has 116 valence electrons. The minimum absolute atomic E-state index is 0.0441. The number of rotatable bonds is 6. The van der Waals surface area contributed by atoms with Crippen LogP contribution in [0.5, 0.6) is 0 Å². The number of aryl methyl sites for hydroxylation is 1. The molecular formula is C13H19N3O5. The molecule has 0 unspecified atom stereocenters. The molecule has 8 heteroatoms. The second kappa shape index (κ2) is 7.19. The van der Waals surface area contributed by atoms with E-state index in [-0.39, 0.29) is 25.2 Å². The molecule has 1 amide bonds. The number of piperidine rings is 1. The molecule has 0 bridgehead atoms. The number of carbonyl (C=O) groups excluding carboxylic acids is 1. The second-order valence-electron chi connectivity index (χ2n) is 5.06. The summed E-state index contributed by atoms with van der Waals surface area (Å²) in [5, 5.41) is 14.9.